The number of ether oxygens (including phenoxy) is 2. The summed E-state index contributed by atoms with van der Waals surface area (Å²) in [5.41, 5.74) is 3.88. The summed E-state index contributed by atoms with van der Waals surface area (Å²) in [6.07, 6.45) is 4.23. The minimum atomic E-state index is -0.294. The standard InChI is InChI=1S/C24H24N2O3/c1-3-15-28-20-12-9-19(10-13-20)24(27)26-25-17-22-21-8-6-5-7-18(21)11-14-23(22)29-16-4-2/h4-14,17H,2-3,15-16H2,1H3,(H,26,27)/b25-17+. The second-order valence-electron chi connectivity index (χ2n) is 6.37. The second kappa shape index (κ2) is 10.1. The lowest BCUT2D eigenvalue weighted by Gasteiger charge is -2.10. The summed E-state index contributed by atoms with van der Waals surface area (Å²) in [6.45, 7) is 6.77. The molecule has 0 atom stereocenters. The molecular formula is C24H24N2O3. The quantitative estimate of drug-likeness (QED) is 0.320. The first kappa shape index (κ1) is 20.1. The van der Waals surface area contributed by atoms with E-state index in [0.29, 0.717) is 24.5 Å². The molecule has 0 saturated heterocycles. The Labute approximate surface area is 170 Å². The Kier molecular flexibility index (Phi) is 7.00. The molecule has 0 aromatic heterocycles. The largest absolute Gasteiger partial charge is 0.494 e. The molecule has 29 heavy (non-hydrogen) atoms. The number of benzene rings is 3. The molecule has 0 aliphatic rings. The molecule has 0 spiro atoms. The Bertz CT molecular complexity index is 1010. The van der Waals surface area contributed by atoms with E-state index in [1.165, 1.54) is 0 Å². The average molecular weight is 388 g/mol. The molecule has 0 fully saturated rings. The summed E-state index contributed by atoms with van der Waals surface area (Å²) in [5, 5.41) is 6.20. The minimum absolute atomic E-state index is 0.294. The van der Waals surface area contributed by atoms with Gasteiger partial charge in [0.25, 0.3) is 5.91 Å². The SMILES string of the molecule is C=CCOc1ccc2ccccc2c1/C=N/NC(=O)c1ccc(OCCC)cc1. The van der Waals surface area contributed by atoms with Crippen molar-refractivity contribution in [2.45, 2.75) is 13.3 Å². The first-order valence-electron chi connectivity index (χ1n) is 9.54. The second-order valence-corrected chi connectivity index (χ2v) is 6.37. The number of amides is 1. The van der Waals surface area contributed by atoms with Gasteiger partial charge in [-0.1, -0.05) is 49.9 Å². The maximum Gasteiger partial charge on any atom is 0.271 e. The number of nitrogens with one attached hydrogen (secondary N) is 1. The number of carbonyl (C=O) groups excluding carboxylic acids is 1. The normalized spacial score (nSPS) is 10.8. The number of carbonyl (C=O) groups is 1. The van der Waals surface area contributed by atoms with Crippen molar-refractivity contribution in [1.29, 1.82) is 0 Å². The lowest BCUT2D eigenvalue weighted by atomic mass is 10.0. The van der Waals surface area contributed by atoms with Crippen molar-refractivity contribution in [3.8, 4) is 11.5 Å². The summed E-state index contributed by atoms with van der Waals surface area (Å²) in [7, 11) is 0. The van der Waals surface area contributed by atoms with E-state index in [4.69, 9.17) is 9.47 Å². The molecule has 3 aromatic rings. The van der Waals surface area contributed by atoms with Gasteiger partial charge in [-0.05, 0) is 47.5 Å². The lowest BCUT2D eigenvalue weighted by Crippen LogP contribution is -2.17. The zero-order valence-electron chi connectivity index (χ0n) is 16.4. The van der Waals surface area contributed by atoms with Crippen LogP contribution in [0.2, 0.25) is 0 Å². The van der Waals surface area contributed by atoms with E-state index >= 15 is 0 Å². The Morgan fingerprint density at radius 3 is 2.62 bits per heavy atom. The molecule has 0 aliphatic carbocycles. The van der Waals surface area contributed by atoms with Crippen molar-refractivity contribution in [3.63, 3.8) is 0 Å². The summed E-state index contributed by atoms with van der Waals surface area (Å²) in [6, 6.07) is 18.8. The number of nitrogens with zero attached hydrogens (tertiary/aromatic N) is 1. The minimum Gasteiger partial charge on any atom is -0.494 e. The van der Waals surface area contributed by atoms with Gasteiger partial charge in [0.1, 0.15) is 18.1 Å². The molecule has 148 valence electrons. The van der Waals surface area contributed by atoms with Gasteiger partial charge >= 0.3 is 0 Å². The van der Waals surface area contributed by atoms with Crippen molar-refractivity contribution in [3.05, 3.63) is 84.4 Å². The molecule has 1 N–H and O–H groups in total. The molecule has 1 amide bonds. The van der Waals surface area contributed by atoms with Crippen LogP contribution in [0.3, 0.4) is 0 Å². The maximum atomic E-state index is 12.4. The Morgan fingerprint density at radius 2 is 1.86 bits per heavy atom. The van der Waals surface area contributed by atoms with Crippen molar-refractivity contribution in [2.75, 3.05) is 13.2 Å². The predicted octanol–water partition coefficient (Wildman–Crippen LogP) is 4.96. The summed E-state index contributed by atoms with van der Waals surface area (Å²) < 4.78 is 11.3. The van der Waals surface area contributed by atoms with Gasteiger partial charge in [-0.25, -0.2) is 5.43 Å². The van der Waals surface area contributed by atoms with Crippen LogP contribution in [-0.2, 0) is 0 Å². The number of rotatable bonds is 9. The molecular weight excluding hydrogens is 364 g/mol. The topological polar surface area (TPSA) is 59.9 Å². The van der Waals surface area contributed by atoms with Crippen molar-refractivity contribution >= 4 is 22.9 Å². The Morgan fingerprint density at radius 1 is 1.07 bits per heavy atom. The van der Waals surface area contributed by atoms with Crippen LogP contribution in [0.1, 0.15) is 29.3 Å². The van der Waals surface area contributed by atoms with Crippen LogP contribution in [-0.4, -0.2) is 25.3 Å². The van der Waals surface area contributed by atoms with Gasteiger partial charge in [-0.2, -0.15) is 5.10 Å². The highest BCUT2D eigenvalue weighted by Gasteiger charge is 2.08. The molecule has 0 saturated carbocycles. The monoisotopic (exact) mass is 388 g/mol. The van der Waals surface area contributed by atoms with Crippen LogP contribution >= 0.6 is 0 Å². The molecule has 5 nitrogen and oxygen atoms in total. The molecule has 0 aliphatic heterocycles. The van der Waals surface area contributed by atoms with E-state index in [1.807, 2.05) is 43.3 Å². The van der Waals surface area contributed by atoms with Crippen LogP contribution in [0.15, 0.2) is 78.4 Å². The molecule has 0 radical (unpaired) electrons. The van der Waals surface area contributed by atoms with Crippen LogP contribution in [0, 0.1) is 0 Å². The average Bonchev–Trinajstić information content (AvgIpc) is 2.77. The first-order chi connectivity index (χ1) is 14.2. The number of hydrogen-bond donors (Lipinski definition) is 1. The zero-order valence-corrected chi connectivity index (χ0v) is 16.4. The van der Waals surface area contributed by atoms with Gasteiger partial charge in [0.15, 0.2) is 0 Å². The Hall–Kier alpha value is -3.60. The third-order valence-corrected chi connectivity index (χ3v) is 4.24. The van der Waals surface area contributed by atoms with Gasteiger partial charge in [-0.15, -0.1) is 0 Å². The van der Waals surface area contributed by atoms with E-state index in [1.54, 1.807) is 36.6 Å². The highest BCUT2D eigenvalue weighted by molar-refractivity contribution is 6.03. The van der Waals surface area contributed by atoms with Gasteiger partial charge in [-0.3, -0.25) is 4.79 Å². The fourth-order valence-corrected chi connectivity index (χ4v) is 2.83. The van der Waals surface area contributed by atoms with Gasteiger partial charge in [0.2, 0.25) is 0 Å². The number of hydrazone groups is 1. The summed E-state index contributed by atoms with van der Waals surface area (Å²) in [4.78, 5) is 12.4. The number of fused-ring (bicyclic) bond motifs is 1. The van der Waals surface area contributed by atoms with Crippen LogP contribution < -0.4 is 14.9 Å². The van der Waals surface area contributed by atoms with E-state index < -0.39 is 0 Å². The molecule has 5 heteroatoms. The fraction of sp³-hybridized carbons (Fsp3) is 0.167. The smallest absolute Gasteiger partial charge is 0.271 e. The summed E-state index contributed by atoms with van der Waals surface area (Å²) >= 11 is 0. The molecule has 0 heterocycles. The third-order valence-electron chi connectivity index (χ3n) is 4.24. The summed E-state index contributed by atoms with van der Waals surface area (Å²) in [5.74, 6) is 1.13. The third kappa shape index (κ3) is 5.23. The maximum absolute atomic E-state index is 12.4. The fourth-order valence-electron chi connectivity index (χ4n) is 2.83. The van der Waals surface area contributed by atoms with E-state index in [0.717, 1.165) is 28.5 Å². The van der Waals surface area contributed by atoms with Gasteiger partial charge in [0, 0.05) is 11.1 Å². The molecule has 3 rings (SSSR count). The van der Waals surface area contributed by atoms with E-state index in [2.05, 4.69) is 17.1 Å². The lowest BCUT2D eigenvalue weighted by molar-refractivity contribution is 0.0955. The van der Waals surface area contributed by atoms with Crippen molar-refractivity contribution in [1.82, 2.24) is 5.43 Å². The van der Waals surface area contributed by atoms with E-state index in [9.17, 15) is 4.79 Å². The van der Waals surface area contributed by atoms with Crippen LogP contribution in [0.5, 0.6) is 11.5 Å². The van der Waals surface area contributed by atoms with Crippen molar-refractivity contribution < 1.29 is 14.3 Å². The highest BCUT2D eigenvalue weighted by Crippen LogP contribution is 2.26. The zero-order chi connectivity index (χ0) is 20.5. The van der Waals surface area contributed by atoms with Gasteiger partial charge in [0.05, 0.1) is 12.8 Å². The van der Waals surface area contributed by atoms with Crippen molar-refractivity contribution in [2.24, 2.45) is 5.10 Å². The van der Waals surface area contributed by atoms with Crippen LogP contribution in [0.25, 0.3) is 10.8 Å². The van der Waals surface area contributed by atoms with E-state index in [-0.39, 0.29) is 5.91 Å². The predicted molar refractivity (Wildman–Crippen MR) is 117 cm³/mol. The van der Waals surface area contributed by atoms with Crippen LogP contribution in [0.4, 0.5) is 0 Å². The Balaban J connectivity index is 1.76. The van der Waals surface area contributed by atoms with Gasteiger partial charge < -0.3 is 9.47 Å². The molecule has 0 unspecified atom stereocenters. The number of hydrogen-bond acceptors (Lipinski definition) is 4. The highest BCUT2D eigenvalue weighted by atomic mass is 16.5. The molecule has 0 bridgehead atoms. The first-order valence-corrected chi connectivity index (χ1v) is 9.54. The molecule has 3 aromatic carbocycles.